The summed E-state index contributed by atoms with van der Waals surface area (Å²) in [6.45, 7) is 9.06. The molecule has 2 heteroatoms. The number of aliphatic hydroxyl groups is 1. The van der Waals surface area contributed by atoms with Crippen molar-refractivity contribution in [2.24, 2.45) is 11.8 Å². The Hall–Kier alpha value is -1.38. The monoisotopic (exact) mass is 257 g/mol. The van der Waals surface area contributed by atoms with E-state index in [9.17, 15) is 5.11 Å². The summed E-state index contributed by atoms with van der Waals surface area (Å²) in [7, 11) is 0. The Kier molecular flexibility index (Phi) is 4.56. The van der Waals surface area contributed by atoms with Gasteiger partial charge in [-0.3, -0.25) is 0 Å². The maximum absolute atomic E-state index is 10.9. The van der Waals surface area contributed by atoms with Crippen LogP contribution in [-0.4, -0.2) is 17.3 Å². The average molecular weight is 257 g/mol. The molecular formula is C17H23NO. The molecule has 1 aliphatic rings. The molecule has 0 aliphatic heterocycles. The normalized spacial score (nSPS) is 25.1. The lowest BCUT2D eigenvalue weighted by Crippen LogP contribution is -2.47. The zero-order chi connectivity index (χ0) is 13.7. The molecule has 1 saturated carbocycles. The zero-order valence-corrected chi connectivity index (χ0v) is 11.4. The van der Waals surface area contributed by atoms with Crippen molar-refractivity contribution in [3.8, 4) is 0 Å². The summed E-state index contributed by atoms with van der Waals surface area (Å²) < 4.78 is 0. The lowest BCUT2D eigenvalue weighted by atomic mass is 9.84. The van der Waals surface area contributed by atoms with Crippen molar-refractivity contribution >= 4 is 0 Å². The van der Waals surface area contributed by atoms with E-state index in [2.05, 4.69) is 30.6 Å². The SMILES string of the molecule is C=C[C@@H]1CC[C@@H](C=C)C1(O)CNCc1ccccc1. The second-order valence-electron chi connectivity index (χ2n) is 5.34. The van der Waals surface area contributed by atoms with Crippen LogP contribution < -0.4 is 5.32 Å². The topological polar surface area (TPSA) is 32.3 Å². The van der Waals surface area contributed by atoms with Crippen LogP contribution in [0.3, 0.4) is 0 Å². The van der Waals surface area contributed by atoms with E-state index in [0.29, 0.717) is 6.54 Å². The van der Waals surface area contributed by atoms with Gasteiger partial charge < -0.3 is 10.4 Å². The average Bonchev–Trinajstić information content (AvgIpc) is 2.76. The van der Waals surface area contributed by atoms with Crippen molar-refractivity contribution in [1.82, 2.24) is 5.32 Å². The van der Waals surface area contributed by atoms with Gasteiger partial charge in [-0.25, -0.2) is 0 Å². The first kappa shape index (κ1) is 14.0. The van der Waals surface area contributed by atoms with Crippen molar-refractivity contribution < 1.29 is 5.11 Å². The molecule has 0 amide bonds. The molecule has 2 rings (SSSR count). The Morgan fingerprint density at radius 2 is 1.74 bits per heavy atom. The van der Waals surface area contributed by atoms with Gasteiger partial charge in [0, 0.05) is 24.9 Å². The smallest absolute Gasteiger partial charge is 0.0895 e. The lowest BCUT2D eigenvalue weighted by molar-refractivity contribution is -0.00597. The molecule has 102 valence electrons. The minimum atomic E-state index is -0.738. The second-order valence-corrected chi connectivity index (χ2v) is 5.34. The fourth-order valence-corrected chi connectivity index (χ4v) is 3.04. The minimum Gasteiger partial charge on any atom is -0.387 e. The first-order valence-electron chi connectivity index (χ1n) is 6.93. The minimum absolute atomic E-state index is 0.152. The Morgan fingerprint density at radius 1 is 1.16 bits per heavy atom. The van der Waals surface area contributed by atoms with E-state index in [1.54, 1.807) is 0 Å². The van der Waals surface area contributed by atoms with Crippen molar-refractivity contribution in [3.05, 3.63) is 61.2 Å². The van der Waals surface area contributed by atoms with Crippen molar-refractivity contribution in [2.75, 3.05) is 6.54 Å². The van der Waals surface area contributed by atoms with Crippen LogP contribution in [0.5, 0.6) is 0 Å². The molecule has 1 aromatic carbocycles. The van der Waals surface area contributed by atoms with Crippen molar-refractivity contribution in [1.29, 1.82) is 0 Å². The Bertz CT molecular complexity index is 410. The maximum Gasteiger partial charge on any atom is 0.0895 e. The fourth-order valence-electron chi connectivity index (χ4n) is 3.04. The summed E-state index contributed by atoms with van der Waals surface area (Å²) in [4.78, 5) is 0. The second kappa shape index (κ2) is 6.18. The van der Waals surface area contributed by atoms with Gasteiger partial charge in [-0.2, -0.15) is 0 Å². The highest BCUT2D eigenvalue weighted by molar-refractivity contribution is 5.15. The van der Waals surface area contributed by atoms with E-state index in [4.69, 9.17) is 0 Å². The summed E-state index contributed by atoms with van der Waals surface area (Å²) in [6.07, 6.45) is 5.74. The Morgan fingerprint density at radius 3 is 2.26 bits per heavy atom. The van der Waals surface area contributed by atoms with Gasteiger partial charge in [0.05, 0.1) is 5.60 Å². The molecule has 2 N–H and O–H groups in total. The highest BCUT2D eigenvalue weighted by atomic mass is 16.3. The number of rotatable bonds is 6. The van der Waals surface area contributed by atoms with Crippen molar-refractivity contribution in [2.45, 2.75) is 25.0 Å². The molecule has 19 heavy (non-hydrogen) atoms. The highest BCUT2D eigenvalue weighted by Crippen LogP contribution is 2.41. The van der Waals surface area contributed by atoms with Gasteiger partial charge in [0.1, 0.15) is 0 Å². The largest absolute Gasteiger partial charge is 0.387 e. The van der Waals surface area contributed by atoms with Gasteiger partial charge in [0.25, 0.3) is 0 Å². The molecule has 0 saturated heterocycles. The van der Waals surface area contributed by atoms with Crippen molar-refractivity contribution in [3.63, 3.8) is 0 Å². The number of hydrogen-bond donors (Lipinski definition) is 2. The zero-order valence-electron chi connectivity index (χ0n) is 11.4. The van der Waals surface area contributed by atoms with Crippen LogP contribution in [0.1, 0.15) is 18.4 Å². The van der Waals surface area contributed by atoms with E-state index in [0.717, 1.165) is 19.4 Å². The Labute approximate surface area is 115 Å². The van der Waals surface area contributed by atoms with E-state index in [-0.39, 0.29) is 11.8 Å². The standard InChI is InChI=1S/C17H23NO/c1-3-15-10-11-16(4-2)17(15,19)13-18-12-14-8-6-5-7-9-14/h3-9,15-16,18-19H,1-2,10-13H2/t15-,16-/m1/s1. The first-order chi connectivity index (χ1) is 9.20. The van der Waals surface area contributed by atoms with Gasteiger partial charge in [-0.15, -0.1) is 13.2 Å². The third-order valence-electron chi connectivity index (χ3n) is 4.22. The summed E-state index contributed by atoms with van der Waals surface area (Å²) in [5, 5.41) is 14.3. The molecule has 0 heterocycles. The van der Waals surface area contributed by atoms with Crippen LogP contribution in [0.25, 0.3) is 0 Å². The van der Waals surface area contributed by atoms with Gasteiger partial charge >= 0.3 is 0 Å². The summed E-state index contributed by atoms with van der Waals surface area (Å²) in [5.74, 6) is 0.303. The molecule has 0 radical (unpaired) electrons. The van der Waals surface area contributed by atoms with Gasteiger partial charge in [0.2, 0.25) is 0 Å². The summed E-state index contributed by atoms with van der Waals surface area (Å²) in [5.41, 5.74) is 0.493. The molecule has 2 nitrogen and oxygen atoms in total. The lowest BCUT2D eigenvalue weighted by Gasteiger charge is -2.33. The van der Waals surface area contributed by atoms with Gasteiger partial charge in [-0.05, 0) is 18.4 Å². The van der Waals surface area contributed by atoms with Crippen LogP contribution in [0.15, 0.2) is 55.6 Å². The van der Waals surface area contributed by atoms with Crippen LogP contribution in [0, 0.1) is 11.8 Å². The molecule has 0 bridgehead atoms. The van der Waals surface area contributed by atoms with Crippen LogP contribution >= 0.6 is 0 Å². The van der Waals surface area contributed by atoms with Crippen LogP contribution in [0.4, 0.5) is 0 Å². The molecule has 1 fully saturated rings. The van der Waals surface area contributed by atoms with E-state index >= 15 is 0 Å². The molecule has 2 atom stereocenters. The first-order valence-corrected chi connectivity index (χ1v) is 6.93. The molecular weight excluding hydrogens is 234 g/mol. The van der Waals surface area contributed by atoms with E-state index < -0.39 is 5.60 Å². The van der Waals surface area contributed by atoms with Crippen LogP contribution in [0.2, 0.25) is 0 Å². The summed E-state index contributed by atoms with van der Waals surface area (Å²) >= 11 is 0. The third-order valence-corrected chi connectivity index (χ3v) is 4.22. The van der Waals surface area contributed by atoms with Gasteiger partial charge in [0.15, 0.2) is 0 Å². The fraction of sp³-hybridized carbons (Fsp3) is 0.412. The molecule has 0 unspecified atom stereocenters. The quantitative estimate of drug-likeness (QED) is 0.768. The molecule has 1 aliphatic carbocycles. The van der Waals surface area contributed by atoms with Crippen LogP contribution in [-0.2, 0) is 6.54 Å². The van der Waals surface area contributed by atoms with Gasteiger partial charge in [-0.1, -0.05) is 42.5 Å². The van der Waals surface area contributed by atoms with E-state index in [1.165, 1.54) is 5.56 Å². The maximum atomic E-state index is 10.9. The number of benzene rings is 1. The Balaban J connectivity index is 1.96. The molecule has 1 aromatic rings. The molecule has 0 spiro atoms. The summed E-state index contributed by atoms with van der Waals surface area (Å²) in [6, 6.07) is 10.2. The predicted octanol–water partition coefficient (Wildman–Crippen LogP) is 2.91. The predicted molar refractivity (Wildman–Crippen MR) is 79.7 cm³/mol. The molecule has 0 aromatic heterocycles. The van der Waals surface area contributed by atoms with E-state index in [1.807, 2.05) is 30.4 Å². The number of nitrogens with one attached hydrogen (secondary N) is 1. The third kappa shape index (κ3) is 2.96. The number of hydrogen-bond acceptors (Lipinski definition) is 2. The highest BCUT2D eigenvalue weighted by Gasteiger charge is 2.45.